The number of rotatable bonds is 0. The number of ketones is 1. The van der Waals surface area contributed by atoms with Crippen molar-refractivity contribution in [2.45, 2.75) is 27.7 Å². The zero-order chi connectivity index (χ0) is 9.82. The highest BCUT2D eigenvalue weighted by atomic mass is 16.1. The number of nitrogens with zero attached hydrogens (tertiary/aromatic N) is 1. The molecular formula is C10H17NO. The summed E-state index contributed by atoms with van der Waals surface area (Å²) in [4.78, 5) is 13.2. The monoisotopic (exact) mass is 167 g/mol. The number of pyridine rings is 1. The maximum atomic E-state index is 9.44. The van der Waals surface area contributed by atoms with Crippen molar-refractivity contribution in [2.75, 3.05) is 0 Å². The van der Waals surface area contributed by atoms with Crippen molar-refractivity contribution in [3.63, 3.8) is 0 Å². The first-order chi connectivity index (χ1) is 5.73. The van der Waals surface area contributed by atoms with Crippen molar-refractivity contribution in [3.05, 3.63) is 30.6 Å². The summed E-state index contributed by atoms with van der Waals surface area (Å²) in [6.07, 6.45) is 3.50. The number of Topliss-reactive ketones (excluding diaryl/α,β-unsaturated/α-hetero) is 1. The minimum absolute atomic E-state index is 0.167. The molecule has 2 heteroatoms. The van der Waals surface area contributed by atoms with E-state index in [1.165, 1.54) is 13.8 Å². The lowest BCUT2D eigenvalue weighted by Crippen LogP contribution is -1.69. The molecule has 0 radical (unpaired) electrons. The van der Waals surface area contributed by atoms with Crippen LogP contribution in [0, 0.1) is 0 Å². The van der Waals surface area contributed by atoms with Crippen molar-refractivity contribution >= 4 is 5.78 Å². The molecule has 0 aliphatic carbocycles. The predicted molar refractivity (Wildman–Crippen MR) is 51.9 cm³/mol. The molecular weight excluding hydrogens is 150 g/mol. The first-order valence-corrected chi connectivity index (χ1v) is 4.05. The van der Waals surface area contributed by atoms with Crippen LogP contribution in [-0.2, 0) is 4.79 Å². The van der Waals surface area contributed by atoms with Crippen LogP contribution >= 0.6 is 0 Å². The predicted octanol–water partition coefficient (Wildman–Crippen LogP) is 2.70. The summed E-state index contributed by atoms with van der Waals surface area (Å²) in [6, 6.07) is 5.72. The Morgan fingerprint density at radius 2 is 1.33 bits per heavy atom. The lowest BCUT2D eigenvalue weighted by atomic mass is 10.5. The molecule has 0 aliphatic heterocycles. The zero-order valence-corrected chi connectivity index (χ0v) is 8.24. The topological polar surface area (TPSA) is 30.0 Å². The van der Waals surface area contributed by atoms with Crippen molar-refractivity contribution in [1.82, 2.24) is 4.98 Å². The summed E-state index contributed by atoms with van der Waals surface area (Å²) in [5, 5.41) is 0. The summed E-state index contributed by atoms with van der Waals surface area (Å²) < 4.78 is 0. The van der Waals surface area contributed by atoms with Crippen molar-refractivity contribution in [1.29, 1.82) is 0 Å². The van der Waals surface area contributed by atoms with Crippen LogP contribution < -0.4 is 0 Å². The Morgan fingerprint density at radius 1 is 1.00 bits per heavy atom. The normalized spacial score (nSPS) is 6.67. The van der Waals surface area contributed by atoms with Gasteiger partial charge in [0.15, 0.2) is 0 Å². The van der Waals surface area contributed by atoms with E-state index in [4.69, 9.17) is 0 Å². The lowest BCUT2D eigenvalue weighted by molar-refractivity contribution is -0.114. The Labute approximate surface area is 74.6 Å². The fourth-order valence-electron chi connectivity index (χ4n) is 0.313. The largest absolute Gasteiger partial charge is 0.300 e. The van der Waals surface area contributed by atoms with Gasteiger partial charge in [0.25, 0.3) is 0 Å². The van der Waals surface area contributed by atoms with Gasteiger partial charge in [0.2, 0.25) is 0 Å². The van der Waals surface area contributed by atoms with E-state index in [2.05, 4.69) is 4.98 Å². The van der Waals surface area contributed by atoms with Gasteiger partial charge < -0.3 is 4.79 Å². The second kappa shape index (κ2) is 12.5. The number of carbonyl (C=O) groups is 1. The number of hydrogen-bond donors (Lipinski definition) is 0. The molecule has 2 nitrogen and oxygen atoms in total. The zero-order valence-electron chi connectivity index (χ0n) is 8.24. The minimum Gasteiger partial charge on any atom is -0.300 e. The van der Waals surface area contributed by atoms with Gasteiger partial charge in [-0.05, 0) is 26.0 Å². The van der Waals surface area contributed by atoms with Crippen molar-refractivity contribution in [2.24, 2.45) is 0 Å². The van der Waals surface area contributed by atoms with Gasteiger partial charge in [-0.1, -0.05) is 19.9 Å². The molecule has 0 amide bonds. The standard InChI is InChI=1S/C5H5N.C3H6O.C2H6/c1-2-4-6-5-3-1;1-3(2)4;1-2/h1-5H;1-2H3;1-2H3. The Kier molecular flexibility index (Phi) is 14.0. The molecule has 0 unspecified atom stereocenters. The fourth-order valence-corrected chi connectivity index (χ4v) is 0.313. The van der Waals surface area contributed by atoms with Crippen LogP contribution in [0.5, 0.6) is 0 Å². The summed E-state index contributed by atoms with van der Waals surface area (Å²) >= 11 is 0. The third-order valence-electron chi connectivity index (χ3n) is 0.566. The fraction of sp³-hybridized carbons (Fsp3) is 0.400. The highest BCUT2D eigenvalue weighted by molar-refractivity contribution is 5.72. The van der Waals surface area contributed by atoms with E-state index in [9.17, 15) is 4.79 Å². The third kappa shape index (κ3) is 23.2. The van der Waals surface area contributed by atoms with Crippen molar-refractivity contribution < 1.29 is 4.79 Å². The van der Waals surface area contributed by atoms with Gasteiger partial charge in [-0.2, -0.15) is 0 Å². The van der Waals surface area contributed by atoms with E-state index in [0.29, 0.717) is 0 Å². The highest BCUT2D eigenvalue weighted by Gasteiger charge is 1.62. The molecule has 0 aromatic carbocycles. The maximum Gasteiger partial charge on any atom is 0.126 e. The van der Waals surface area contributed by atoms with Gasteiger partial charge in [0.05, 0.1) is 0 Å². The summed E-state index contributed by atoms with van der Waals surface area (Å²) in [5.41, 5.74) is 0. The molecule has 0 atom stereocenters. The molecule has 1 rings (SSSR count). The van der Waals surface area contributed by atoms with E-state index in [0.717, 1.165) is 0 Å². The molecule has 0 aliphatic rings. The van der Waals surface area contributed by atoms with Gasteiger partial charge in [-0.15, -0.1) is 0 Å². The molecule has 0 saturated heterocycles. The summed E-state index contributed by atoms with van der Waals surface area (Å²) in [7, 11) is 0. The van der Waals surface area contributed by atoms with Crippen molar-refractivity contribution in [3.8, 4) is 0 Å². The average Bonchev–Trinajstić information content (AvgIpc) is 2.10. The van der Waals surface area contributed by atoms with Crippen LogP contribution in [0.2, 0.25) is 0 Å². The van der Waals surface area contributed by atoms with Gasteiger partial charge in [-0.25, -0.2) is 0 Å². The molecule has 0 bridgehead atoms. The van der Waals surface area contributed by atoms with Crippen LogP contribution in [0.3, 0.4) is 0 Å². The van der Waals surface area contributed by atoms with Crippen LogP contribution in [-0.4, -0.2) is 10.8 Å². The quantitative estimate of drug-likeness (QED) is 0.594. The van der Waals surface area contributed by atoms with Crippen LogP contribution in [0.4, 0.5) is 0 Å². The minimum atomic E-state index is 0.167. The van der Waals surface area contributed by atoms with E-state index in [1.54, 1.807) is 12.4 Å². The maximum absolute atomic E-state index is 9.44. The Hall–Kier alpha value is -1.18. The van der Waals surface area contributed by atoms with Gasteiger partial charge in [-0.3, -0.25) is 4.98 Å². The van der Waals surface area contributed by atoms with E-state index >= 15 is 0 Å². The SMILES string of the molecule is CC.CC(C)=O.c1ccncc1. The van der Waals surface area contributed by atoms with E-state index < -0.39 is 0 Å². The Balaban J connectivity index is 0. The molecule has 1 aromatic heterocycles. The molecule has 0 fully saturated rings. The van der Waals surface area contributed by atoms with Gasteiger partial charge in [0.1, 0.15) is 5.78 Å². The lowest BCUT2D eigenvalue weighted by Gasteiger charge is -1.70. The second-order valence-electron chi connectivity index (χ2n) is 1.93. The number of aromatic nitrogens is 1. The summed E-state index contributed by atoms with van der Waals surface area (Å²) in [6.45, 7) is 7.06. The molecule has 12 heavy (non-hydrogen) atoms. The number of carbonyl (C=O) groups excluding carboxylic acids is 1. The van der Waals surface area contributed by atoms with E-state index in [1.807, 2.05) is 32.0 Å². The van der Waals surface area contributed by atoms with Gasteiger partial charge >= 0.3 is 0 Å². The molecule has 1 heterocycles. The first-order valence-electron chi connectivity index (χ1n) is 4.05. The van der Waals surface area contributed by atoms with Gasteiger partial charge in [0, 0.05) is 12.4 Å². The highest BCUT2D eigenvalue weighted by Crippen LogP contribution is 1.73. The van der Waals surface area contributed by atoms with Crippen LogP contribution in [0.1, 0.15) is 27.7 Å². The average molecular weight is 167 g/mol. The third-order valence-corrected chi connectivity index (χ3v) is 0.566. The Bertz CT molecular complexity index is 142. The molecule has 0 saturated carbocycles. The Morgan fingerprint density at radius 3 is 1.42 bits per heavy atom. The summed E-state index contributed by atoms with van der Waals surface area (Å²) in [5.74, 6) is 0.167. The second-order valence-corrected chi connectivity index (χ2v) is 1.93. The van der Waals surface area contributed by atoms with E-state index in [-0.39, 0.29) is 5.78 Å². The first kappa shape index (κ1) is 13.4. The van der Waals surface area contributed by atoms with Crippen LogP contribution in [0.25, 0.3) is 0 Å². The molecule has 0 N–H and O–H groups in total. The molecule has 68 valence electrons. The number of hydrogen-bond acceptors (Lipinski definition) is 2. The smallest absolute Gasteiger partial charge is 0.126 e. The molecule has 0 spiro atoms. The van der Waals surface area contributed by atoms with Crippen LogP contribution in [0.15, 0.2) is 30.6 Å². The molecule has 1 aromatic rings.